The van der Waals surface area contributed by atoms with Crippen molar-refractivity contribution >= 4 is 17.4 Å². The molecule has 0 aliphatic carbocycles. The maximum atomic E-state index is 12.0. The summed E-state index contributed by atoms with van der Waals surface area (Å²) in [5.74, 6) is 0.961. The fourth-order valence-electron chi connectivity index (χ4n) is 2.51. The van der Waals surface area contributed by atoms with Gasteiger partial charge in [0, 0.05) is 37.6 Å². The number of benzene rings is 1. The molecule has 0 aliphatic rings. The fourth-order valence-corrected chi connectivity index (χ4v) is 2.64. The third kappa shape index (κ3) is 3.61. The van der Waals surface area contributed by atoms with Crippen molar-refractivity contribution in [1.29, 1.82) is 5.26 Å². The number of nitrogens with zero attached hydrogens (tertiary/aromatic N) is 5. The molecule has 0 saturated carbocycles. The number of rotatable bonds is 5. The van der Waals surface area contributed by atoms with Gasteiger partial charge in [-0.2, -0.15) is 10.2 Å². The van der Waals surface area contributed by atoms with Gasteiger partial charge < -0.3 is 9.84 Å². The van der Waals surface area contributed by atoms with Gasteiger partial charge in [0.2, 0.25) is 11.7 Å². The summed E-state index contributed by atoms with van der Waals surface area (Å²) in [7, 11) is 2.81. The van der Waals surface area contributed by atoms with Gasteiger partial charge in [0.05, 0.1) is 0 Å². The third-order valence-electron chi connectivity index (χ3n) is 3.98. The minimum Gasteiger partial charge on any atom is -0.370 e. The molecular weight excluding hydrogens is 372 g/mol. The topological polar surface area (TPSA) is 119 Å². The molecule has 3 aromatic rings. The van der Waals surface area contributed by atoms with Crippen LogP contribution in [0, 0.1) is 11.3 Å². The molecule has 0 fully saturated rings. The Balaban J connectivity index is 1.75. The number of halogens is 1. The molecule has 9 nitrogen and oxygen atoms in total. The largest absolute Gasteiger partial charge is 0.370 e. The lowest BCUT2D eigenvalue weighted by Crippen LogP contribution is -2.40. The van der Waals surface area contributed by atoms with E-state index in [9.17, 15) is 14.9 Å². The molecule has 10 heteroatoms. The first-order valence-corrected chi connectivity index (χ1v) is 8.32. The summed E-state index contributed by atoms with van der Waals surface area (Å²) in [6.07, 6.45) is 0.342. The predicted molar refractivity (Wildman–Crippen MR) is 98.6 cm³/mol. The third-order valence-corrected chi connectivity index (χ3v) is 4.23. The summed E-state index contributed by atoms with van der Waals surface area (Å²) in [5.41, 5.74) is -0.537. The minimum atomic E-state index is -0.647. The van der Waals surface area contributed by atoms with Crippen LogP contribution in [0.1, 0.15) is 11.5 Å². The molecule has 138 valence electrons. The maximum Gasteiger partial charge on any atom is 0.332 e. The van der Waals surface area contributed by atoms with Crippen molar-refractivity contribution in [2.75, 3.05) is 11.9 Å². The van der Waals surface area contributed by atoms with Crippen molar-refractivity contribution in [3.05, 3.63) is 61.6 Å². The van der Waals surface area contributed by atoms with Crippen LogP contribution in [0.3, 0.4) is 0 Å². The molecule has 0 spiro atoms. The second kappa shape index (κ2) is 7.47. The zero-order valence-electron chi connectivity index (χ0n) is 14.6. The lowest BCUT2D eigenvalue weighted by molar-refractivity contribution is 0.381. The summed E-state index contributed by atoms with van der Waals surface area (Å²) in [6.45, 7) is 0.289. The molecule has 0 atom stereocenters. The summed E-state index contributed by atoms with van der Waals surface area (Å²) in [4.78, 5) is 28.4. The van der Waals surface area contributed by atoms with E-state index in [-0.39, 0.29) is 17.9 Å². The fraction of sp³-hybridized carbons (Fsp3) is 0.235. The Morgan fingerprint density at radius 2 is 1.93 bits per heavy atom. The Labute approximate surface area is 158 Å². The van der Waals surface area contributed by atoms with E-state index in [0.717, 1.165) is 10.1 Å². The van der Waals surface area contributed by atoms with Gasteiger partial charge in [-0.05, 0) is 24.3 Å². The van der Waals surface area contributed by atoms with Crippen LogP contribution in [0.2, 0.25) is 5.02 Å². The van der Waals surface area contributed by atoms with Gasteiger partial charge >= 0.3 is 5.69 Å². The highest BCUT2D eigenvalue weighted by atomic mass is 35.5. The first-order chi connectivity index (χ1) is 12.9. The molecular formula is C17H15ClN6O3. The van der Waals surface area contributed by atoms with Gasteiger partial charge in [0.25, 0.3) is 5.56 Å². The highest BCUT2D eigenvalue weighted by molar-refractivity contribution is 6.30. The number of nitriles is 1. The van der Waals surface area contributed by atoms with Crippen LogP contribution in [0.5, 0.6) is 0 Å². The van der Waals surface area contributed by atoms with Crippen molar-refractivity contribution in [2.45, 2.75) is 6.42 Å². The molecule has 0 saturated heterocycles. The van der Waals surface area contributed by atoms with E-state index in [2.05, 4.69) is 15.5 Å². The highest BCUT2D eigenvalue weighted by Gasteiger charge is 2.15. The molecule has 3 rings (SSSR count). The standard InChI is InChI=1S/C17H15ClN6O3/c1-23-15(12(9-19)16(25)24(2)17(23)26)20-8-7-13-21-14(22-27-13)10-3-5-11(18)6-4-10/h3-6,20H,7-8H2,1-2H3. The smallest absolute Gasteiger partial charge is 0.332 e. The molecule has 1 aromatic carbocycles. The molecule has 27 heavy (non-hydrogen) atoms. The Hall–Kier alpha value is -3.38. The molecule has 2 aromatic heterocycles. The molecule has 0 amide bonds. The van der Waals surface area contributed by atoms with Crippen molar-refractivity contribution < 1.29 is 4.52 Å². The van der Waals surface area contributed by atoms with Gasteiger partial charge in [-0.3, -0.25) is 13.9 Å². The van der Waals surface area contributed by atoms with Crippen LogP contribution in [0.4, 0.5) is 5.82 Å². The predicted octanol–water partition coefficient (Wildman–Crippen LogP) is 1.31. The van der Waals surface area contributed by atoms with Gasteiger partial charge in [-0.25, -0.2) is 4.79 Å². The molecule has 0 unspecified atom stereocenters. The van der Waals surface area contributed by atoms with E-state index in [1.54, 1.807) is 24.3 Å². The lowest BCUT2D eigenvalue weighted by atomic mass is 10.2. The van der Waals surface area contributed by atoms with Crippen molar-refractivity contribution in [3.8, 4) is 17.5 Å². The molecule has 0 radical (unpaired) electrons. The molecule has 2 heterocycles. The van der Waals surface area contributed by atoms with Crippen LogP contribution in [-0.2, 0) is 20.5 Å². The molecule has 0 bridgehead atoms. The van der Waals surface area contributed by atoms with Crippen LogP contribution in [-0.4, -0.2) is 25.8 Å². The molecule has 0 aliphatic heterocycles. The van der Waals surface area contributed by atoms with E-state index in [1.165, 1.54) is 18.7 Å². The van der Waals surface area contributed by atoms with Gasteiger partial charge in [-0.15, -0.1) is 0 Å². The number of nitrogens with one attached hydrogen (secondary N) is 1. The van der Waals surface area contributed by atoms with Crippen molar-refractivity contribution in [3.63, 3.8) is 0 Å². The Kier molecular flexibility index (Phi) is 5.09. The molecule has 1 N–H and O–H groups in total. The summed E-state index contributed by atoms with van der Waals surface area (Å²) < 4.78 is 7.31. The zero-order valence-corrected chi connectivity index (χ0v) is 15.3. The quantitative estimate of drug-likeness (QED) is 0.702. The first kappa shape index (κ1) is 18.4. The maximum absolute atomic E-state index is 12.0. The summed E-state index contributed by atoms with van der Waals surface area (Å²) >= 11 is 5.86. The van der Waals surface area contributed by atoms with Crippen LogP contribution in [0.25, 0.3) is 11.4 Å². The normalized spacial score (nSPS) is 10.6. The van der Waals surface area contributed by atoms with Crippen LogP contribution >= 0.6 is 11.6 Å². The second-order valence-electron chi connectivity index (χ2n) is 5.74. The van der Waals surface area contributed by atoms with Crippen LogP contribution in [0.15, 0.2) is 38.4 Å². The van der Waals surface area contributed by atoms with Gasteiger partial charge in [0.1, 0.15) is 11.9 Å². The lowest BCUT2D eigenvalue weighted by Gasteiger charge is -2.12. The average Bonchev–Trinajstić information content (AvgIpc) is 3.13. The van der Waals surface area contributed by atoms with E-state index < -0.39 is 11.2 Å². The Morgan fingerprint density at radius 1 is 1.22 bits per heavy atom. The number of anilines is 1. The number of aromatic nitrogens is 4. The monoisotopic (exact) mass is 386 g/mol. The Morgan fingerprint density at radius 3 is 2.59 bits per heavy atom. The van der Waals surface area contributed by atoms with E-state index in [0.29, 0.717) is 23.2 Å². The number of hydrogen-bond donors (Lipinski definition) is 1. The van der Waals surface area contributed by atoms with E-state index >= 15 is 0 Å². The summed E-state index contributed by atoms with van der Waals surface area (Å²) in [5, 5.41) is 16.7. The average molecular weight is 387 g/mol. The van der Waals surface area contributed by atoms with Crippen molar-refractivity contribution in [2.24, 2.45) is 14.1 Å². The number of hydrogen-bond acceptors (Lipinski definition) is 7. The van der Waals surface area contributed by atoms with E-state index in [1.807, 2.05) is 6.07 Å². The van der Waals surface area contributed by atoms with Crippen molar-refractivity contribution in [1.82, 2.24) is 19.3 Å². The SMILES string of the molecule is Cn1c(NCCc2nc(-c3ccc(Cl)cc3)no2)c(C#N)c(=O)n(C)c1=O. The second-order valence-corrected chi connectivity index (χ2v) is 6.17. The van der Waals surface area contributed by atoms with Gasteiger partial charge in [0.15, 0.2) is 5.56 Å². The minimum absolute atomic E-state index is 0.132. The highest BCUT2D eigenvalue weighted by Crippen LogP contribution is 2.18. The van der Waals surface area contributed by atoms with Crippen LogP contribution < -0.4 is 16.6 Å². The Bertz CT molecular complexity index is 1140. The van der Waals surface area contributed by atoms with E-state index in [4.69, 9.17) is 16.1 Å². The first-order valence-electron chi connectivity index (χ1n) is 7.95. The zero-order chi connectivity index (χ0) is 19.6. The van der Waals surface area contributed by atoms with Gasteiger partial charge in [-0.1, -0.05) is 16.8 Å². The summed E-state index contributed by atoms with van der Waals surface area (Å²) in [6, 6.07) is 8.86.